The van der Waals surface area contributed by atoms with Crippen LogP contribution < -0.4 is 10.5 Å². The van der Waals surface area contributed by atoms with Crippen LogP contribution in [0, 0.1) is 18.6 Å². The number of ether oxygens (including phenoxy) is 1. The van der Waals surface area contributed by atoms with Crippen LogP contribution in [0.25, 0.3) is 0 Å². The van der Waals surface area contributed by atoms with Gasteiger partial charge < -0.3 is 15.7 Å². The lowest BCUT2D eigenvalue weighted by atomic mass is 10.2. The minimum atomic E-state index is -0.968. The Labute approximate surface area is 124 Å². The van der Waals surface area contributed by atoms with E-state index in [-0.39, 0.29) is 11.3 Å². The predicted octanol–water partition coefficient (Wildman–Crippen LogP) is 3.81. The van der Waals surface area contributed by atoms with Gasteiger partial charge in [0.2, 0.25) is 0 Å². The zero-order chi connectivity index (χ0) is 15.6. The summed E-state index contributed by atoms with van der Waals surface area (Å²) in [6, 6.07) is 6.43. The van der Waals surface area contributed by atoms with Gasteiger partial charge in [0.05, 0.1) is 0 Å². The third-order valence-corrected chi connectivity index (χ3v) is 3.18. The predicted molar refractivity (Wildman–Crippen MR) is 75.1 cm³/mol. The third kappa shape index (κ3) is 3.22. The molecular weight excluding hydrogens is 302 g/mol. The van der Waals surface area contributed by atoms with Gasteiger partial charge in [-0.1, -0.05) is 16.8 Å². The lowest BCUT2D eigenvalue weighted by Gasteiger charge is -2.10. The fourth-order valence-corrected chi connectivity index (χ4v) is 1.78. The fraction of sp³-hybridized carbons (Fsp3) is 0.0714. The lowest BCUT2D eigenvalue weighted by Crippen LogP contribution is -2.14. The summed E-state index contributed by atoms with van der Waals surface area (Å²) < 4.78 is 33.0. The van der Waals surface area contributed by atoms with Crippen molar-refractivity contribution in [3.63, 3.8) is 0 Å². The number of rotatable bonds is 3. The third-order valence-electron chi connectivity index (χ3n) is 2.75. The molecule has 2 aromatic carbocycles. The maximum absolute atomic E-state index is 13.9. The molecule has 0 unspecified atom stereocenters. The zero-order valence-corrected chi connectivity index (χ0v) is 11.7. The standard InChI is InChI=1S/C14H11ClF2N2O2/c1-7-4-9(2-3-10(7)15)21-13-11(16)5-8(6-12(13)17)14(18)19-20/h2-6,20H,1H3,(H2,18,19). The van der Waals surface area contributed by atoms with Crippen molar-refractivity contribution in [2.45, 2.75) is 6.92 Å². The lowest BCUT2D eigenvalue weighted by molar-refractivity contribution is 0.318. The van der Waals surface area contributed by atoms with Crippen LogP contribution >= 0.6 is 11.6 Å². The summed E-state index contributed by atoms with van der Waals surface area (Å²) in [6.45, 7) is 1.74. The maximum atomic E-state index is 13.9. The highest BCUT2D eigenvalue weighted by atomic mass is 35.5. The van der Waals surface area contributed by atoms with Crippen LogP contribution in [0.3, 0.4) is 0 Å². The number of nitrogens with two attached hydrogens (primary N) is 1. The molecule has 7 heteroatoms. The molecule has 2 aromatic rings. The molecule has 0 saturated heterocycles. The normalized spacial score (nSPS) is 11.5. The Morgan fingerprint density at radius 3 is 2.38 bits per heavy atom. The minimum absolute atomic E-state index is 0.0906. The summed E-state index contributed by atoms with van der Waals surface area (Å²) in [4.78, 5) is 0. The molecular formula is C14H11ClF2N2O2. The highest BCUT2D eigenvalue weighted by molar-refractivity contribution is 6.31. The van der Waals surface area contributed by atoms with Crippen LogP contribution in [0.4, 0.5) is 8.78 Å². The van der Waals surface area contributed by atoms with Gasteiger partial charge in [-0.3, -0.25) is 0 Å². The van der Waals surface area contributed by atoms with Crippen LogP contribution in [0.2, 0.25) is 5.02 Å². The summed E-state index contributed by atoms with van der Waals surface area (Å²) in [7, 11) is 0. The average molecular weight is 313 g/mol. The topological polar surface area (TPSA) is 67.8 Å². The van der Waals surface area contributed by atoms with Crippen LogP contribution in [0.1, 0.15) is 11.1 Å². The van der Waals surface area contributed by atoms with Gasteiger partial charge in [0, 0.05) is 10.6 Å². The number of amidine groups is 1. The van der Waals surface area contributed by atoms with E-state index in [4.69, 9.17) is 27.3 Å². The molecule has 0 spiro atoms. The Bertz CT molecular complexity index is 697. The monoisotopic (exact) mass is 312 g/mol. The van der Waals surface area contributed by atoms with Crippen LogP contribution in [-0.2, 0) is 0 Å². The van der Waals surface area contributed by atoms with E-state index >= 15 is 0 Å². The van der Waals surface area contributed by atoms with Crippen molar-refractivity contribution in [2.75, 3.05) is 0 Å². The first kappa shape index (κ1) is 15.1. The molecule has 21 heavy (non-hydrogen) atoms. The van der Waals surface area contributed by atoms with Crippen molar-refractivity contribution in [3.05, 3.63) is 58.1 Å². The van der Waals surface area contributed by atoms with Crippen LogP contribution in [0.15, 0.2) is 35.5 Å². The van der Waals surface area contributed by atoms with E-state index in [9.17, 15) is 8.78 Å². The molecule has 0 aliphatic heterocycles. The number of benzene rings is 2. The molecule has 2 rings (SSSR count). The van der Waals surface area contributed by atoms with Gasteiger partial charge in [0.1, 0.15) is 5.75 Å². The number of nitrogens with zero attached hydrogens (tertiary/aromatic N) is 1. The highest BCUT2D eigenvalue weighted by Gasteiger charge is 2.15. The zero-order valence-electron chi connectivity index (χ0n) is 10.9. The number of oxime groups is 1. The summed E-state index contributed by atoms with van der Waals surface area (Å²) in [5.74, 6) is -2.67. The van der Waals surface area contributed by atoms with Gasteiger partial charge in [-0.15, -0.1) is 0 Å². The van der Waals surface area contributed by atoms with Crippen molar-refractivity contribution >= 4 is 17.4 Å². The van der Waals surface area contributed by atoms with Gasteiger partial charge in [-0.2, -0.15) is 0 Å². The fourth-order valence-electron chi connectivity index (χ4n) is 1.66. The van der Waals surface area contributed by atoms with Crippen LogP contribution in [-0.4, -0.2) is 11.0 Å². The average Bonchev–Trinajstić information content (AvgIpc) is 2.45. The summed E-state index contributed by atoms with van der Waals surface area (Å²) in [5.41, 5.74) is 5.90. The first-order chi connectivity index (χ1) is 9.92. The van der Waals surface area contributed by atoms with Crippen LogP contribution in [0.5, 0.6) is 11.5 Å². The molecule has 0 radical (unpaired) electrons. The quantitative estimate of drug-likeness (QED) is 0.392. The molecule has 110 valence electrons. The number of halogens is 3. The van der Waals surface area contributed by atoms with E-state index in [2.05, 4.69) is 5.16 Å². The molecule has 0 bridgehead atoms. The van der Waals surface area contributed by atoms with Crippen molar-refractivity contribution in [3.8, 4) is 11.5 Å². The van der Waals surface area contributed by atoms with Crippen molar-refractivity contribution in [1.29, 1.82) is 0 Å². The van der Waals surface area contributed by atoms with Gasteiger partial charge >= 0.3 is 0 Å². The minimum Gasteiger partial charge on any atom is -0.451 e. The molecule has 3 N–H and O–H groups in total. The van der Waals surface area contributed by atoms with E-state index in [0.717, 1.165) is 12.1 Å². The second kappa shape index (κ2) is 5.97. The van der Waals surface area contributed by atoms with Gasteiger partial charge in [0.25, 0.3) is 0 Å². The van der Waals surface area contributed by atoms with Gasteiger partial charge in [-0.25, -0.2) is 8.78 Å². The molecule has 0 aliphatic carbocycles. The number of hydrogen-bond acceptors (Lipinski definition) is 3. The van der Waals surface area contributed by atoms with E-state index in [0.29, 0.717) is 10.6 Å². The van der Waals surface area contributed by atoms with Crippen molar-refractivity contribution in [1.82, 2.24) is 0 Å². The second-order valence-electron chi connectivity index (χ2n) is 4.27. The highest BCUT2D eigenvalue weighted by Crippen LogP contribution is 2.30. The molecule has 0 amide bonds. The Kier molecular flexibility index (Phi) is 4.28. The Balaban J connectivity index is 2.38. The first-order valence-corrected chi connectivity index (χ1v) is 6.21. The van der Waals surface area contributed by atoms with E-state index in [1.165, 1.54) is 6.07 Å². The largest absolute Gasteiger partial charge is 0.451 e. The molecule has 0 heterocycles. The molecule has 0 atom stereocenters. The van der Waals surface area contributed by atoms with Crippen molar-refractivity contribution in [2.24, 2.45) is 10.9 Å². The summed E-state index contributed by atoms with van der Waals surface area (Å²) in [6.07, 6.45) is 0. The Morgan fingerprint density at radius 1 is 1.24 bits per heavy atom. The smallest absolute Gasteiger partial charge is 0.198 e. The van der Waals surface area contributed by atoms with Gasteiger partial charge in [-0.05, 0) is 42.8 Å². The number of aryl methyl sites for hydroxylation is 1. The number of hydrogen-bond donors (Lipinski definition) is 2. The van der Waals surface area contributed by atoms with E-state index in [1.54, 1.807) is 19.1 Å². The maximum Gasteiger partial charge on any atom is 0.198 e. The Hall–Kier alpha value is -2.34. The second-order valence-corrected chi connectivity index (χ2v) is 4.67. The molecule has 0 aromatic heterocycles. The molecule has 0 fully saturated rings. The van der Waals surface area contributed by atoms with Gasteiger partial charge in [0.15, 0.2) is 23.2 Å². The summed E-state index contributed by atoms with van der Waals surface area (Å²) in [5, 5.41) is 11.7. The SMILES string of the molecule is Cc1cc(Oc2c(F)cc(/C(N)=N/O)cc2F)ccc1Cl. The first-order valence-electron chi connectivity index (χ1n) is 5.83. The van der Waals surface area contributed by atoms with E-state index < -0.39 is 23.2 Å². The molecule has 0 saturated carbocycles. The summed E-state index contributed by atoms with van der Waals surface area (Å²) >= 11 is 5.86. The molecule has 0 aliphatic rings. The molecule has 4 nitrogen and oxygen atoms in total. The Morgan fingerprint density at radius 2 is 1.86 bits per heavy atom. The van der Waals surface area contributed by atoms with E-state index in [1.807, 2.05) is 0 Å². The van der Waals surface area contributed by atoms with Crippen molar-refractivity contribution < 1.29 is 18.7 Å².